The fraction of sp³-hybridized carbons (Fsp3) is 0.200. The quantitative estimate of drug-likeness (QED) is 0.202. The van der Waals surface area contributed by atoms with Crippen molar-refractivity contribution in [1.29, 1.82) is 0 Å². The second-order valence-corrected chi connectivity index (χ2v) is 13.9. The molecule has 0 saturated heterocycles. The van der Waals surface area contributed by atoms with Crippen molar-refractivity contribution >= 4 is 0 Å². The molecule has 0 bridgehead atoms. The van der Waals surface area contributed by atoms with Crippen LogP contribution in [0.2, 0.25) is 0 Å². The van der Waals surface area contributed by atoms with Gasteiger partial charge in [0.2, 0.25) is 0 Å². The Balaban J connectivity index is 1.96. The predicted octanol–water partition coefficient (Wildman–Crippen LogP) is 12.3. The third-order valence-electron chi connectivity index (χ3n) is 9.06. The van der Waals surface area contributed by atoms with Gasteiger partial charge >= 0.3 is 0 Å². The second kappa shape index (κ2) is 12.6. The summed E-state index contributed by atoms with van der Waals surface area (Å²) >= 11 is 0. The van der Waals surface area contributed by atoms with Gasteiger partial charge in [0.1, 0.15) is 0 Å². The van der Waals surface area contributed by atoms with Crippen molar-refractivity contribution < 1.29 is 5.11 Å². The first-order valence-electron chi connectivity index (χ1n) is 16.3. The van der Waals surface area contributed by atoms with Crippen molar-refractivity contribution in [3.05, 3.63) is 155 Å². The van der Waals surface area contributed by atoms with E-state index in [0.717, 1.165) is 55.6 Å². The van der Waals surface area contributed by atoms with Crippen molar-refractivity contribution in [2.45, 2.75) is 54.6 Å². The molecule has 0 aliphatic heterocycles. The minimum atomic E-state index is -0.750. The summed E-state index contributed by atoms with van der Waals surface area (Å²) < 4.78 is 0. The maximum atomic E-state index is 12.6. The molecule has 0 amide bonds. The van der Waals surface area contributed by atoms with Gasteiger partial charge in [-0.3, -0.25) is 0 Å². The molecule has 1 atom stereocenters. The number of aryl methyl sites for hydroxylation is 4. The molecule has 1 heteroatoms. The molecule has 0 aliphatic carbocycles. The van der Waals surface area contributed by atoms with Crippen LogP contribution in [0.3, 0.4) is 0 Å². The molecule has 0 radical (unpaired) electrons. The van der Waals surface area contributed by atoms with Crippen LogP contribution in [-0.4, -0.2) is 5.11 Å². The molecule has 0 aliphatic rings. The Labute approximate surface area is 275 Å². The van der Waals surface area contributed by atoms with Crippen molar-refractivity contribution in [2.24, 2.45) is 5.41 Å². The van der Waals surface area contributed by atoms with E-state index in [0.29, 0.717) is 0 Å². The van der Waals surface area contributed by atoms with E-state index in [4.69, 9.17) is 0 Å². The van der Waals surface area contributed by atoms with Gasteiger partial charge in [-0.2, -0.15) is 0 Å². The van der Waals surface area contributed by atoms with Crippen LogP contribution in [0, 0.1) is 33.1 Å². The van der Waals surface area contributed by atoms with E-state index in [9.17, 15) is 5.11 Å². The number of rotatable bonds is 6. The zero-order valence-corrected chi connectivity index (χ0v) is 28.1. The monoisotopic (exact) mass is 600 g/mol. The van der Waals surface area contributed by atoms with Crippen LogP contribution in [-0.2, 0) is 0 Å². The van der Waals surface area contributed by atoms with Crippen LogP contribution in [0.4, 0.5) is 0 Å². The molecule has 6 aromatic rings. The van der Waals surface area contributed by atoms with Crippen LogP contribution >= 0.6 is 0 Å². The second-order valence-electron chi connectivity index (χ2n) is 13.9. The Hall–Kier alpha value is -4.72. The lowest BCUT2D eigenvalue weighted by Crippen LogP contribution is -2.20. The van der Waals surface area contributed by atoms with Gasteiger partial charge in [-0.1, -0.05) is 170 Å². The molecule has 6 aromatic carbocycles. The number of hydrogen-bond donors (Lipinski definition) is 1. The van der Waals surface area contributed by atoms with Crippen LogP contribution in [0.25, 0.3) is 55.6 Å². The normalized spacial score (nSPS) is 12.3. The Bertz CT molecular complexity index is 1950. The Kier molecular flexibility index (Phi) is 8.55. The van der Waals surface area contributed by atoms with E-state index in [2.05, 4.69) is 176 Å². The minimum Gasteiger partial charge on any atom is -0.388 e. The predicted molar refractivity (Wildman–Crippen MR) is 197 cm³/mol. The molecule has 1 N–H and O–H groups in total. The van der Waals surface area contributed by atoms with Crippen LogP contribution < -0.4 is 0 Å². The molecule has 1 unspecified atom stereocenters. The summed E-state index contributed by atoms with van der Waals surface area (Å²) in [6.45, 7) is 14.9. The van der Waals surface area contributed by atoms with Gasteiger partial charge in [-0.15, -0.1) is 0 Å². The van der Waals surface area contributed by atoms with Gasteiger partial charge < -0.3 is 5.11 Å². The summed E-state index contributed by atoms with van der Waals surface area (Å²) in [7, 11) is 0. The van der Waals surface area contributed by atoms with E-state index in [-0.39, 0.29) is 0 Å². The number of aliphatic hydroxyl groups excluding tert-OH is 1. The standard InChI is InChI=1S/C45H44O/c1-29-13-21-34(22-14-29)38-39(35-23-15-30(2)16-24-35)41(33-11-9-8-10-12-33)43(44(46)45(5,6)7)42(37-27-19-32(4)20-28-37)40(38)36-25-17-31(3)18-26-36/h8-28,44,46H,1-7H3. The van der Waals surface area contributed by atoms with Gasteiger partial charge in [0.15, 0.2) is 0 Å². The van der Waals surface area contributed by atoms with E-state index in [1.54, 1.807) is 0 Å². The van der Waals surface area contributed by atoms with Crippen molar-refractivity contribution in [2.75, 3.05) is 0 Å². The molecule has 6 rings (SSSR count). The third-order valence-corrected chi connectivity index (χ3v) is 9.06. The lowest BCUT2D eigenvalue weighted by atomic mass is 9.71. The fourth-order valence-electron chi connectivity index (χ4n) is 6.43. The largest absolute Gasteiger partial charge is 0.388 e. The summed E-state index contributed by atoms with van der Waals surface area (Å²) in [6.07, 6.45) is -0.750. The lowest BCUT2D eigenvalue weighted by molar-refractivity contribution is 0.0637. The first kappa shape index (κ1) is 31.3. The summed E-state index contributed by atoms with van der Waals surface area (Å²) in [5.41, 5.74) is 16.6. The zero-order valence-electron chi connectivity index (χ0n) is 28.1. The fourth-order valence-corrected chi connectivity index (χ4v) is 6.43. The number of hydrogen-bond acceptors (Lipinski definition) is 1. The van der Waals surface area contributed by atoms with E-state index in [1.165, 1.54) is 27.8 Å². The lowest BCUT2D eigenvalue weighted by Gasteiger charge is -2.35. The molecule has 0 spiro atoms. The molecule has 0 fully saturated rings. The Morgan fingerprint density at radius 1 is 0.370 bits per heavy atom. The van der Waals surface area contributed by atoms with Gasteiger partial charge in [0.05, 0.1) is 6.10 Å². The molecule has 1 nitrogen and oxygen atoms in total. The molecular weight excluding hydrogens is 556 g/mol. The van der Waals surface area contributed by atoms with E-state index in [1.807, 2.05) is 0 Å². The average molecular weight is 601 g/mol. The topological polar surface area (TPSA) is 20.2 Å². The number of aliphatic hydroxyl groups is 1. The number of benzene rings is 6. The minimum absolute atomic E-state index is 0.427. The summed E-state index contributed by atoms with van der Waals surface area (Å²) in [5.74, 6) is 0. The van der Waals surface area contributed by atoms with Crippen LogP contribution in [0.15, 0.2) is 127 Å². The first-order valence-corrected chi connectivity index (χ1v) is 16.3. The summed E-state index contributed by atoms with van der Waals surface area (Å²) in [5, 5.41) is 12.6. The highest BCUT2D eigenvalue weighted by Crippen LogP contribution is 2.56. The smallest absolute Gasteiger partial charge is 0.0850 e. The van der Waals surface area contributed by atoms with Crippen molar-refractivity contribution in [3.63, 3.8) is 0 Å². The highest BCUT2D eigenvalue weighted by Gasteiger charge is 2.35. The maximum Gasteiger partial charge on any atom is 0.0850 e. The molecule has 0 aromatic heterocycles. The van der Waals surface area contributed by atoms with Gasteiger partial charge in [-0.05, 0) is 94.3 Å². The molecule has 0 saturated carbocycles. The summed E-state index contributed by atoms with van der Waals surface area (Å²) in [4.78, 5) is 0. The highest BCUT2D eigenvalue weighted by atomic mass is 16.3. The zero-order chi connectivity index (χ0) is 32.6. The molecular formula is C45H44O. The van der Waals surface area contributed by atoms with Crippen LogP contribution in [0.5, 0.6) is 0 Å². The summed E-state index contributed by atoms with van der Waals surface area (Å²) in [6, 6.07) is 46.2. The SMILES string of the molecule is Cc1ccc(-c2c(-c3ccc(C)cc3)c(-c3ccccc3)c(C(O)C(C)(C)C)c(-c3ccc(C)cc3)c2-c2ccc(C)cc2)cc1. The molecule has 230 valence electrons. The van der Waals surface area contributed by atoms with Gasteiger partial charge in [0, 0.05) is 0 Å². The van der Waals surface area contributed by atoms with Crippen molar-refractivity contribution in [1.82, 2.24) is 0 Å². The van der Waals surface area contributed by atoms with Crippen molar-refractivity contribution in [3.8, 4) is 55.6 Å². The highest BCUT2D eigenvalue weighted by molar-refractivity contribution is 6.09. The van der Waals surface area contributed by atoms with Gasteiger partial charge in [0.25, 0.3) is 0 Å². The van der Waals surface area contributed by atoms with E-state index >= 15 is 0 Å². The van der Waals surface area contributed by atoms with Gasteiger partial charge in [-0.25, -0.2) is 0 Å². The molecule has 0 heterocycles. The van der Waals surface area contributed by atoms with Crippen LogP contribution in [0.1, 0.15) is 54.7 Å². The first-order chi connectivity index (χ1) is 22.0. The van der Waals surface area contributed by atoms with E-state index < -0.39 is 11.5 Å². The average Bonchev–Trinajstić information content (AvgIpc) is 3.05. The Morgan fingerprint density at radius 3 is 0.935 bits per heavy atom. The maximum absolute atomic E-state index is 12.6. The third kappa shape index (κ3) is 6.08. The Morgan fingerprint density at radius 2 is 0.630 bits per heavy atom. The molecule has 46 heavy (non-hydrogen) atoms.